The van der Waals surface area contributed by atoms with Crippen molar-refractivity contribution < 1.29 is 0 Å². The second-order valence-corrected chi connectivity index (χ2v) is 4.94. The minimum Gasteiger partial charge on any atom is -0.317 e. The van der Waals surface area contributed by atoms with E-state index in [0.717, 1.165) is 31.3 Å². The SMILES string of the molecule is [B]C1(C)CNCC(C)CC(C)C1. The molecule has 3 unspecified atom stereocenters. The fourth-order valence-corrected chi connectivity index (χ4v) is 2.33. The van der Waals surface area contributed by atoms with Crippen molar-refractivity contribution in [2.45, 2.75) is 38.9 Å². The summed E-state index contributed by atoms with van der Waals surface area (Å²) in [7, 11) is 6.12. The number of hydrogen-bond acceptors (Lipinski definition) is 1. The Balaban J connectivity index is 2.48. The van der Waals surface area contributed by atoms with Crippen LogP contribution in [-0.2, 0) is 0 Å². The first-order valence-corrected chi connectivity index (χ1v) is 4.99. The molecule has 68 valence electrons. The molecule has 0 spiro atoms. The summed E-state index contributed by atoms with van der Waals surface area (Å²) in [5, 5.41) is 3.42. The highest BCUT2D eigenvalue weighted by atomic mass is 14.9. The van der Waals surface area contributed by atoms with Crippen molar-refractivity contribution in [2.75, 3.05) is 13.1 Å². The van der Waals surface area contributed by atoms with Gasteiger partial charge in [0.1, 0.15) is 0 Å². The van der Waals surface area contributed by atoms with Gasteiger partial charge < -0.3 is 5.32 Å². The van der Waals surface area contributed by atoms with Crippen molar-refractivity contribution in [1.82, 2.24) is 5.32 Å². The van der Waals surface area contributed by atoms with E-state index in [4.69, 9.17) is 7.85 Å². The zero-order valence-corrected chi connectivity index (χ0v) is 8.56. The number of rotatable bonds is 0. The van der Waals surface area contributed by atoms with E-state index in [9.17, 15) is 0 Å². The molecule has 1 saturated heterocycles. The Morgan fingerprint density at radius 2 is 2.00 bits per heavy atom. The van der Waals surface area contributed by atoms with Gasteiger partial charge in [0.25, 0.3) is 0 Å². The van der Waals surface area contributed by atoms with Gasteiger partial charge in [-0.25, -0.2) is 0 Å². The fraction of sp³-hybridized carbons (Fsp3) is 1.00. The van der Waals surface area contributed by atoms with Crippen LogP contribution in [0.3, 0.4) is 0 Å². The standard InChI is InChI=1S/C10H20BN/c1-8-4-9(2)6-12-7-10(3,11)5-8/h8-9,12H,4-7H2,1-3H3. The summed E-state index contributed by atoms with van der Waals surface area (Å²) < 4.78 is 0. The second-order valence-electron chi connectivity index (χ2n) is 4.94. The molecule has 0 amide bonds. The van der Waals surface area contributed by atoms with Gasteiger partial charge in [0.2, 0.25) is 0 Å². The molecule has 1 heterocycles. The molecule has 1 nitrogen and oxygen atoms in total. The Morgan fingerprint density at radius 1 is 1.33 bits per heavy atom. The van der Waals surface area contributed by atoms with Crippen LogP contribution in [0.15, 0.2) is 0 Å². The van der Waals surface area contributed by atoms with Crippen LogP contribution in [-0.4, -0.2) is 20.9 Å². The lowest BCUT2D eigenvalue weighted by atomic mass is 9.64. The minimum atomic E-state index is -0.000440. The monoisotopic (exact) mass is 165 g/mol. The maximum atomic E-state index is 6.12. The van der Waals surface area contributed by atoms with Crippen LogP contribution >= 0.6 is 0 Å². The lowest BCUT2D eigenvalue weighted by Gasteiger charge is -2.33. The average Bonchev–Trinajstić information content (AvgIpc) is 1.81. The van der Waals surface area contributed by atoms with E-state index in [1.807, 2.05) is 0 Å². The first-order chi connectivity index (χ1) is 5.49. The lowest BCUT2D eigenvalue weighted by molar-refractivity contribution is 0.303. The van der Waals surface area contributed by atoms with Crippen LogP contribution in [0, 0.1) is 11.8 Å². The molecule has 1 aliphatic heterocycles. The van der Waals surface area contributed by atoms with Crippen molar-refractivity contribution in [3.63, 3.8) is 0 Å². The zero-order valence-electron chi connectivity index (χ0n) is 8.56. The Morgan fingerprint density at radius 3 is 2.67 bits per heavy atom. The van der Waals surface area contributed by atoms with E-state index in [1.165, 1.54) is 6.42 Å². The van der Waals surface area contributed by atoms with Gasteiger partial charge in [-0.05, 0) is 31.3 Å². The summed E-state index contributed by atoms with van der Waals surface area (Å²) in [5.74, 6) is 1.58. The molecule has 2 heteroatoms. The summed E-state index contributed by atoms with van der Waals surface area (Å²) in [6, 6.07) is 0. The van der Waals surface area contributed by atoms with E-state index in [0.29, 0.717) is 0 Å². The van der Waals surface area contributed by atoms with Crippen LogP contribution < -0.4 is 5.32 Å². The molecule has 0 aliphatic carbocycles. The molecule has 1 aliphatic rings. The van der Waals surface area contributed by atoms with Crippen molar-refractivity contribution in [3.05, 3.63) is 0 Å². The predicted molar refractivity (Wildman–Crippen MR) is 54.6 cm³/mol. The highest BCUT2D eigenvalue weighted by molar-refractivity contribution is 6.15. The van der Waals surface area contributed by atoms with E-state index < -0.39 is 0 Å². The molecule has 1 fully saturated rings. The Kier molecular flexibility index (Phi) is 3.22. The molecule has 0 aromatic carbocycles. The Labute approximate surface area is 77.7 Å². The van der Waals surface area contributed by atoms with E-state index in [-0.39, 0.29) is 5.31 Å². The van der Waals surface area contributed by atoms with Gasteiger partial charge in [-0.1, -0.05) is 32.5 Å². The van der Waals surface area contributed by atoms with Crippen molar-refractivity contribution in [3.8, 4) is 0 Å². The van der Waals surface area contributed by atoms with E-state index in [1.54, 1.807) is 0 Å². The molecule has 0 aromatic rings. The molecule has 1 rings (SSSR count). The largest absolute Gasteiger partial charge is 0.317 e. The summed E-state index contributed by atoms with van der Waals surface area (Å²) in [5.41, 5.74) is 0. The van der Waals surface area contributed by atoms with Gasteiger partial charge in [0, 0.05) is 0 Å². The van der Waals surface area contributed by atoms with Crippen LogP contribution in [0.4, 0.5) is 0 Å². The predicted octanol–water partition coefficient (Wildman–Crippen LogP) is 1.99. The smallest absolute Gasteiger partial charge is 0.0759 e. The summed E-state index contributed by atoms with van der Waals surface area (Å²) >= 11 is 0. The topological polar surface area (TPSA) is 12.0 Å². The van der Waals surface area contributed by atoms with Crippen LogP contribution in [0.1, 0.15) is 33.6 Å². The summed E-state index contributed by atoms with van der Waals surface area (Å²) in [4.78, 5) is 0. The van der Waals surface area contributed by atoms with E-state index in [2.05, 4.69) is 26.1 Å². The molecule has 0 bridgehead atoms. The van der Waals surface area contributed by atoms with Crippen molar-refractivity contribution in [1.29, 1.82) is 0 Å². The molecule has 0 saturated carbocycles. The lowest BCUT2D eigenvalue weighted by Crippen LogP contribution is -2.34. The molecule has 2 radical (unpaired) electrons. The highest BCUT2D eigenvalue weighted by Crippen LogP contribution is 2.33. The van der Waals surface area contributed by atoms with Gasteiger partial charge in [-0.3, -0.25) is 0 Å². The van der Waals surface area contributed by atoms with Crippen LogP contribution in [0.5, 0.6) is 0 Å². The van der Waals surface area contributed by atoms with Gasteiger partial charge in [0.15, 0.2) is 0 Å². The third-order valence-electron chi connectivity index (χ3n) is 2.64. The first-order valence-electron chi connectivity index (χ1n) is 4.99. The van der Waals surface area contributed by atoms with Crippen LogP contribution in [0.2, 0.25) is 5.31 Å². The fourth-order valence-electron chi connectivity index (χ4n) is 2.33. The van der Waals surface area contributed by atoms with Gasteiger partial charge in [-0.15, -0.1) is 0 Å². The maximum Gasteiger partial charge on any atom is 0.0759 e. The summed E-state index contributed by atoms with van der Waals surface area (Å²) in [6.45, 7) is 8.85. The van der Waals surface area contributed by atoms with Crippen molar-refractivity contribution >= 4 is 7.85 Å². The third kappa shape index (κ3) is 3.18. The average molecular weight is 165 g/mol. The first kappa shape index (κ1) is 10.1. The molecule has 12 heavy (non-hydrogen) atoms. The number of nitrogens with one attached hydrogen (secondary N) is 1. The van der Waals surface area contributed by atoms with Gasteiger partial charge >= 0.3 is 0 Å². The molecule has 1 N–H and O–H groups in total. The molecule has 0 aromatic heterocycles. The Hall–Kier alpha value is 0.0249. The second kappa shape index (κ2) is 3.82. The van der Waals surface area contributed by atoms with E-state index >= 15 is 0 Å². The molecular formula is C10H20BN. The molecular weight excluding hydrogens is 145 g/mol. The van der Waals surface area contributed by atoms with Crippen LogP contribution in [0.25, 0.3) is 0 Å². The Bertz CT molecular complexity index is 145. The highest BCUT2D eigenvalue weighted by Gasteiger charge is 2.23. The third-order valence-corrected chi connectivity index (χ3v) is 2.64. The number of hydrogen-bond donors (Lipinski definition) is 1. The minimum absolute atomic E-state index is 0.000440. The molecule has 3 atom stereocenters. The normalized spacial score (nSPS) is 44.9. The quantitative estimate of drug-likeness (QED) is 0.541. The maximum absolute atomic E-state index is 6.12. The van der Waals surface area contributed by atoms with Gasteiger partial charge in [0.05, 0.1) is 7.85 Å². The van der Waals surface area contributed by atoms with Crippen molar-refractivity contribution in [2.24, 2.45) is 11.8 Å². The summed E-state index contributed by atoms with van der Waals surface area (Å²) in [6.07, 6.45) is 2.45. The zero-order chi connectivity index (χ0) is 9.19. The van der Waals surface area contributed by atoms with Gasteiger partial charge in [-0.2, -0.15) is 0 Å².